The van der Waals surface area contributed by atoms with Gasteiger partial charge in [-0.25, -0.2) is 9.48 Å². The average molecular weight is 546 g/mol. The third-order valence-electron chi connectivity index (χ3n) is 7.87. The zero-order valence-corrected chi connectivity index (χ0v) is 24.6. The van der Waals surface area contributed by atoms with Crippen LogP contribution >= 0.6 is 0 Å². The molecule has 0 spiro atoms. The van der Waals surface area contributed by atoms with Crippen LogP contribution in [0.4, 0.5) is 16.2 Å². The second kappa shape index (κ2) is 11.9. The third-order valence-corrected chi connectivity index (χ3v) is 7.87. The molecule has 40 heavy (non-hydrogen) atoms. The lowest BCUT2D eigenvalue weighted by Crippen LogP contribution is -2.53. The lowest BCUT2D eigenvalue weighted by atomic mass is 9.84. The average Bonchev–Trinajstić information content (AvgIpc) is 3.36. The minimum atomic E-state index is -0.489. The zero-order valence-electron chi connectivity index (χ0n) is 24.6. The van der Waals surface area contributed by atoms with Gasteiger partial charge in [0.15, 0.2) is 0 Å². The van der Waals surface area contributed by atoms with E-state index in [4.69, 9.17) is 4.74 Å². The first-order valence-electron chi connectivity index (χ1n) is 14.5. The third kappa shape index (κ3) is 6.92. The number of nitrogens with zero attached hydrogens (tertiary/aromatic N) is 7. The van der Waals surface area contributed by atoms with Crippen LogP contribution in [0.25, 0.3) is 11.3 Å². The molecule has 0 radical (unpaired) electrons. The summed E-state index contributed by atoms with van der Waals surface area (Å²) < 4.78 is 7.70. The van der Waals surface area contributed by atoms with Gasteiger partial charge in [-0.1, -0.05) is 23.8 Å². The molecular weight excluding hydrogens is 502 g/mol. The van der Waals surface area contributed by atoms with Crippen molar-refractivity contribution in [2.24, 2.45) is 5.92 Å². The van der Waals surface area contributed by atoms with E-state index in [1.807, 2.05) is 67.9 Å². The maximum absolute atomic E-state index is 13.2. The number of aromatic nitrogens is 4. The molecule has 1 aliphatic heterocycles. The number of hydrogen-bond donors (Lipinski definition) is 0. The van der Waals surface area contributed by atoms with Crippen molar-refractivity contribution in [1.29, 1.82) is 0 Å². The molecule has 0 N–H and O–H groups in total. The molecule has 2 aromatic heterocycles. The van der Waals surface area contributed by atoms with Gasteiger partial charge in [-0.05, 0) is 76.1 Å². The number of hydrogen-bond acceptors (Lipinski definition) is 7. The minimum Gasteiger partial charge on any atom is -0.444 e. The van der Waals surface area contributed by atoms with Crippen molar-refractivity contribution in [3.63, 3.8) is 0 Å². The Kier molecular flexibility index (Phi) is 8.28. The molecule has 1 saturated heterocycles. The minimum absolute atomic E-state index is 0.165. The highest BCUT2D eigenvalue weighted by atomic mass is 16.6. The van der Waals surface area contributed by atoms with Gasteiger partial charge in [-0.2, -0.15) is 0 Å². The summed E-state index contributed by atoms with van der Waals surface area (Å²) in [5.74, 6) is 0.604. The summed E-state index contributed by atoms with van der Waals surface area (Å²) in [5, 5.41) is 8.72. The molecule has 9 heteroatoms. The van der Waals surface area contributed by atoms with Crippen LogP contribution in [0, 0.1) is 5.92 Å². The van der Waals surface area contributed by atoms with E-state index in [-0.39, 0.29) is 12.1 Å². The predicted molar refractivity (Wildman–Crippen MR) is 159 cm³/mol. The maximum atomic E-state index is 13.2. The highest BCUT2D eigenvalue weighted by Crippen LogP contribution is 2.31. The van der Waals surface area contributed by atoms with E-state index in [0.29, 0.717) is 12.5 Å². The van der Waals surface area contributed by atoms with Crippen LogP contribution in [-0.4, -0.2) is 76.3 Å². The van der Waals surface area contributed by atoms with Gasteiger partial charge in [0.1, 0.15) is 11.3 Å². The number of carbonyl (C=O) groups excluding carboxylic acids is 1. The first-order chi connectivity index (χ1) is 19.1. The monoisotopic (exact) mass is 545 g/mol. The molecule has 0 bridgehead atoms. The van der Waals surface area contributed by atoms with E-state index >= 15 is 0 Å². The molecule has 214 valence electrons. The van der Waals surface area contributed by atoms with E-state index in [1.54, 1.807) is 0 Å². The lowest BCUT2D eigenvalue weighted by Gasteiger charge is -2.43. The van der Waals surface area contributed by atoms with Crippen LogP contribution < -0.4 is 9.80 Å². The van der Waals surface area contributed by atoms with E-state index in [1.165, 1.54) is 24.9 Å². The molecule has 1 saturated carbocycles. The quantitative estimate of drug-likeness (QED) is 0.372. The van der Waals surface area contributed by atoms with Crippen LogP contribution in [0.5, 0.6) is 0 Å². The topological polar surface area (TPSA) is 79.6 Å². The summed E-state index contributed by atoms with van der Waals surface area (Å²) in [6.45, 7) is 9.11. The number of anilines is 2. The Morgan fingerprint density at radius 3 is 2.52 bits per heavy atom. The van der Waals surface area contributed by atoms with E-state index in [2.05, 4.69) is 50.5 Å². The van der Waals surface area contributed by atoms with Crippen molar-refractivity contribution in [3.8, 4) is 11.3 Å². The van der Waals surface area contributed by atoms with E-state index in [9.17, 15) is 4.79 Å². The number of rotatable bonds is 8. The van der Waals surface area contributed by atoms with Gasteiger partial charge in [0.2, 0.25) is 0 Å². The molecular formula is C31H43N7O2. The van der Waals surface area contributed by atoms with Crippen molar-refractivity contribution in [2.45, 2.75) is 71.1 Å². The summed E-state index contributed by atoms with van der Waals surface area (Å²) in [6, 6.07) is 10.9. The summed E-state index contributed by atoms with van der Waals surface area (Å²) in [6.07, 6.45) is 11.2. The molecule has 5 rings (SSSR count). The first-order valence-corrected chi connectivity index (χ1v) is 14.5. The highest BCUT2D eigenvalue weighted by molar-refractivity contribution is 5.69. The number of piperidine rings is 1. The lowest BCUT2D eigenvalue weighted by molar-refractivity contribution is 0.00736. The number of amides is 1. The summed E-state index contributed by atoms with van der Waals surface area (Å²) >= 11 is 0. The van der Waals surface area contributed by atoms with Crippen LogP contribution in [0.15, 0.2) is 48.9 Å². The van der Waals surface area contributed by atoms with Gasteiger partial charge < -0.3 is 19.4 Å². The Balaban J connectivity index is 1.23. The van der Waals surface area contributed by atoms with Gasteiger partial charge in [0.25, 0.3) is 0 Å². The Morgan fingerprint density at radius 1 is 1.07 bits per heavy atom. The fourth-order valence-corrected chi connectivity index (χ4v) is 5.41. The van der Waals surface area contributed by atoms with Crippen LogP contribution in [0.1, 0.15) is 58.4 Å². The normalized spacial score (nSPS) is 17.8. The maximum Gasteiger partial charge on any atom is 0.410 e. The molecule has 3 aromatic rings. The molecule has 2 aliphatic rings. The van der Waals surface area contributed by atoms with Gasteiger partial charge in [0, 0.05) is 51.2 Å². The number of benzene rings is 1. The predicted octanol–water partition coefficient (Wildman–Crippen LogP) is 5.46. The van der Waals surface area contributed by atoms with Gasteiger partial charge in [-0.3, -0.25) is 4.98 Å². The van der Waals surface area contributed by atoms with Crippen molar-refractivity contribution < 1.29 is 9.53 Å². The zero-order chi connectivity index (χ0) is 28.3. The van der Waals surface area contributed by atoms with Gasteiger partial charge >= 0.3 is 6.09 Å². The number of ether oxygens (including phenoxy) is 1. The molecule has 3 heterocycles. The van der Waals surface area contributed by atoms with E-state index in [0.717, 1.165) is 55.0 Å². The summed E-state index contributed by atoms with van der Waals surface area (Å²) in [7, 11) is 4.00. The van der Waals surface area contributed by atoms with Crippen molar-refractivity contribution in [3.05, 3.63) is 54.5 Å². The Morgan fingerprint density at radius 2 is 1.85 bits per heavy atom. The molecule has 0 unspecified atom stereocenters. The fourth-order valence-electron chi connectivity index (χ4n) is 5.41. The van der Waals surface area contributed by atoms with Crippen molar-refractivity contribution >= 4 is 17.5 Å². The standard InChI is InChI=1S/C31H43N7O2/c1-31(2,3)40-30(39)38(20-23-8-6-9-23)27-10-7-15-36(21-27)26-13-11-24(12-14-26)19-37-22-29(33-34-37)25-16-28(35(4)5)18-32-17-25/h11-14,16-18,22-23,27H,6-10,15,19-21H2,1-5H3/t27-/m1/s1. The second-order valence-corrected chi connectivity index (χ2v) is 12.5. The number of carbonyl (C=O) groups is 1. The van der Waals surface area contributed by atoms with Gasteiger partial charge in [0.05, 0.1) is 30.7 Å². The molecule has 1 atom stereocenters. The second-order valence-electron chi connectivity index (χ2n) is 12.5. The fraction of sp³-hybridized carbons (Fsp3) is 0.548. The largest absolute Gasteiger partial charge is 0.444 e. The molecule has 9 nitrogen and oxygen atoms in total. The highest BCUT2D eigenvalue weighted by Gasteiger charge is 2.34. The first kappa shape index (κ1) is 27.9. The van der Waals surface area contributed by atoms with Crippen molar-refractivity contribution in [2.75, 3.05) is 43.5 Å². The smallest absolute Gasteiger partial charge is 0.410 e. The molecule has 1 aliphatic carbocycles. The SMILES string of the molecule is CN(C)c1cncc(-c2cn(Cc3ccc(N4CCC[C@@H](N(CC5CCC5)C(=O)OC(C)(C)C)C4)cc3)nn2)c1. The molecule has 1 aromatic carbocycles. The molecule has 1 amide bonds. The van der Waals surface area contributed by atoms with Crippen LogP contribution in [0.2, 0.25) is 0 Å². The van der Waals surface area contributed by atoms with Crippen LogP contribution in [0.3, 0.4) is 0 Å². The Hall–Kier alpha value is -3.62. The van der Waals surface area contributed by atoms with Crippen molar-refractivity contribution in [1.82, 2.24) is 24.9 Å². The molecule has 2 fully saturated rings. The number of pyridine rings is 1. The Bertz CT molecular complexity index is 1280. The summed E-state index contributed by atoms with van der Waals surface area (Å²) in [4.78, 5) is 24.0. The van der Waals surface area contributed by atoms with Gasteiger partial charge in [-0.15, -0.1) is 5.10 Å². The summed E-state index contributed by atoms with van der Waals surface area (Å²) in [5.41, 5.74) is 4.65. The van der Waals surface area contributed by atoms with E-state index < -0.39 is 5.60 Å². The Labute approximate surface area is 238 Å². The van der Waals surface area contributed by atoms with Crippen LogP contribution in [-0.2, 0) is 11.3 Å².